The molecule has 1 aromatic rings. The predicted molar refractivity (Wildman–Crippen MR) is 66.5 cm³/mol. The molecule has 1 rings (SSSR count). The molecular weight excluding hydrogens is 224 g/mol. The van der Waals surface area contributed by atoms with Gasteiger partial charge in [0.25, 0.3) is 0 Å². The van der Waals surface area contributed by atoms with Crippen molar-refractivity contribution in [2.45, 2.75) is 13.0 Å². The summed E-state index contributed by atoms with van der Waals surface area (Å²) in [6.45, 7) is 1.46. The van der Waals surface area contributed by atoms with Gasteiger partial charge in [-0.05, 0) is 17.7 Å². The van der Waals surface area contributed by atoms with Gasteiger partial charge in [0.15, 0.2) is 0 Å². The zero-order valence-electron chi connectivity index (χ0n) is 9.66. The average molecular weight is 241 g/mol. The van der Waals surface area contributed by atoms with Crippen LogP contribution in [0.15, 0.2) is 24.3 Å². The Morgan fingerprint density at radius 1 is 1.31 bits per heavy atom. The molecule has 0 aliphatic carbocycles. The molecule has 0 fully saturated rings. The van der Waals surface area contributed by atoms with E-state index in [1.165, 1.54) is 5.56 Å². The summed E-state index contributed by atoms with van der Waals surface area (Å²) in [5.74, 6) is 0.142. The quantitative estimate of drug-likeness (QED) is 0.798. The number of nitrogens with one attached hydrogen (secondary N) is 1. The Bertz CT molecular complexity index is 335. The zero-order chi connectivity index (χ0) is 12.0. The molecule has 0 saturated carbocycles. The Labute approximate surface area is 101 Å². The average Bonchev–Trinajstić information content (AvgIpc) is 2.26. The molecule has 1 aromatic carbocycles. The number of nitrogens with zero attached hydrogens (tertiary/aromatic N) is 1. The molecule has 0 atom stereocenters. The number of amides is 1. The van der Waals surface area contributed by atoms with Crippen LogP contribution in [0, 0.1) is 0 Å². The van der Waals surface area contributed by atoms with Crippen LogP contribution in [0.3, 0.4) is 0 Å². The maximum Gasteiger partial charge on any atom is 0.223 e. The first-order valence-electron chi connectivity index (χ1n) is 5.25. The zero-order valence-corrected chi connectivity index (χ0v) is 10.4. The van der Waals surface area contributed by atoms with Crippen molar-refractivity contribution < 1.29 is 4.79 Å². The van der Waals surface area contributed by atoms with Crippen LogP contribution in [-0.4, -0.2) is 31.4 Å². The first kappa shape index (κ1) is 13.0. The van der Waals surface area contributed by atoms with Crippen molar-refractivity contribution in [3.8, 4) is 0 Å². The number of carbonyl (C=O) groups excluding carboxylic acids is 1. The minimum atomic E-state index is 0.142. The van der Waals surface area contributed by atoms with Crippen LogP contribution in [0.25, 0.3) is 0 Å². The van der Waals surface area contributed by atoms with Crippen LogP contribution in [-0.2, 0) is 11.3 Å². The number of benzene rings is 1. The van der Waals surface area contributed by atoms with Gasteiger partial charge in [0.2, 0.25) is 5.91 Å². The Hall–Kier alpha value is -1.06. The minimum absolute atomic E-state index is 0.142. The van der Waals surface area contributed by atoms with E-state index in [1.807, 2.05) is 24.3 Å². The van der Waals surface area contributed by atoms with Crippen LogP contribution in [0.4, 0.5) is 0 Å². The lowest BCUT2D eigenvalue weighted by Crippen LogP contribution is -2.26. The summed E-state index contributed by atoms with van der Waals surface area (Å²) in [5.41, 5.74) is 1.17. The van der Waals surface area contributed by atoms with Crippen LogP contribution < -0.4 is 5.32 Å². The second-order valence-corrected chi connectivity index (χ2v) is 4.28. The molecule has 0 aromatic heterocycles. The van der Waals surface area contributed by atoms with Gasteiger partial charge in [0.1, 0.15) is 0 Å². The molecular formula is C12H17ClN2O. The second kappa shape index (κ2) is 6.51. The normalized spacial score (nSPS) is 10.2. The fourth-order valence-corrected chi connectivity index (χ4v) is 1.38. The van der Waals surface area contributed by atoms with Crippen molar-refractivity contribution in [1.29, 1.82) is 0 Å². The second-order valence-electron chi connectivity index (χ2n) is 3.84. The first-order valence-corrected chi connectivity index (χ1v) is 5.62. The van der Waals surface area contributed by atoms with Crippen LogP contribution in [0.1, 0.15) is 12.0 Å². The third-order valence-electron chi connectivity index (χ3n) is 2.26. The van der Waals surface area contributed by atoms with E-state index in [-0.39, 0.29) is 5.91 Å². The summed E-state index contributed by atoms with van der Waals surface area (Å²) >= 11 is 5.78. The maximum absolute atomic E-state index is 11.3. The van der Waals surface area contributed by atoms with E-state index in [2.05, 4.69) is 5.32 Å². The summed E-state index contributed by atoms with van der Waals surface area (Å²) in [7, 11) is 3.53. The maximum atomic E-state index is 11.3. The van der Waals surface area contributed by atoms with Crippen LogP contribution >= 0.6 is 11.6 Å². The molecule has 3 nitrogen and oxygen atoms in total. The summed E-state index contributed by atoms with van der Waals surface area (Å²) in [4.78, 5) is 12.9. The van der Waals surface area contributed by atoms with Gasteiger partial charge in [-0.3, -0.25) is 4.79 Å². The van der Waals surface area contributed by atoms with Gasteiger partial charge in [-0.1, -0.05) is 23.7 Å². The molecule has 0 aliphatic rings. The predicted octanol–water partition coefficient (Wildman–Crippen LogP) is 1.91. The Kier molecular flexibility index (Phi) is 5.29. The first-order chi connectivity index (χ1) is 7.59. The van der Waals surface area contributed by atoms with Gasteiger partial charge >= 0.3 is 0 Å². The molecule has 88 valence electrons. The highest BCUT2D eigenvalue weighted by molar-refractivity contribution is 6.30. The van der Waals surface area contributed by atoms with Crippen molar-refractivity contribution in [3.05, 3.63) is 34.9 Å². The lowest BCUT2D eigenvalue weighted by atomic mass is 10.2. The monoisotopic (exact) mass is 240 g/mol. The number of carbonyl (C=O) groups is 1. The summed E-state index contributed by atoms with van der Waals surface area (Å²) < 4.78 is 0. The molecule has 16 heavy (non-hydrogen) atoms. The largest absolute Gasteiger partial charge is 0.349 e. The Balaban J connectivity index is 2.21. The molecule has 4 heteroatoms. The standard InChI is InChI=1S/C12H17ClN2O/c1-15(2)12(16)7-8-14-9-10-3-5-11(13)6-4-10/h3-6,14H,7-9H2,1-2H3. The Morgan fingerprint density at radius 3 is 2.50 bits per heavy atom. The van der Waals surface area contributed by atoms with Crippen LogP contribution in [0.2, 0.25) is 5.02 Å². The highest BCUT2D eigenvalue weighted by Crippen LogP contribution is 2.08. The van der Waals surface area contributed by atoms with E-state index in [0.717, 1.165) is 11.6 Å². The van der Waals surface area contributed by atoms with Gasteiger partial charge in [-0.2, -0.15) is 0 Å². The lowest BCUT2D eigenvalue weighted by Gasteiger charge is -2.10. The molecule has 1 N–H and O–H groups in total. The van der Waals surface area contributed by atoms with Crippen molar-refractivity contribution in [2.24, 2.45) is 0 Å². The third-order valence-corrected chi connectivity index (χ3v) is 2.51. The van der Waals surface area contributed by atoms with Crippen molar-refractivity contribution in [2.75, 3.05) is 20.6 Å². The molecule has 0 unspecified atom stereocenters. The molecule has 0 radical (unpaired) electrons. The number of hydrogen-bond acceptors (Lipinski definition) is 2. The van der Waals surface area contributed by atoms with E-state index < -0.39 is 0 Å². The van der Waals surface area contributed by atoms with E-state index in [4.69, 9.17) is 11.6 Å². The van der Waals surface area contributed by atoms with Gasteiger partial charge in [0, 0.05) is 38.6 Å². The number of halogens is 1. The van der Waals surface area contributed by atoms with Gasteiger partial charge < -0.3 is 10.2 Å². The molecule has 0 heterocycles. The fraction of sp³-hybridized carbons (Fsp3) is 0.417. The Morgan fingerprint density at radius 2 is 1.94 bits per heavy atom. The summed E-state index contributed by atoms with van der Waals surface area (Å²) in [5, 5.41) is 3.96. The summed E-state index contributed by atoms with van der Waals surface area (Å²) in [6, 6.07) is 7.68. The molecule has 0 aliphatic heterocycles. The lowest BCUT2D eigenvalue weighted by molar-refractivity contribution is -0.128. The smallest absolute Gasteiger partial charge is 0.223 e. The molecule has 0 saturated heterocycles. The highest BCUT2D eigenvalue weighted by Gasteiger charge is 2.02. The summed E-state index contributed by atoms with van der Waals surface area (Å²) in [6.07, 6.45) is 0.528. The van der Waals surface area contributed by atoms with E-state index in [1.54, 1.807) is 19.0 Å². The molecule has 0 spiro atoms. The van der Waals surface area contributed by atoms with Gasteiger partial charge in [0.05, 0.1) is 0 Å². The van der Waals surface area contributed by atoms with E-state index in [9.17, 15) is 4.79 Å². The minimum Gasteiger partial charge on any atom is -0.349 e. The van der Waals surface area contributed by atoms with Crippen molar-refractivity contribution in [1.82, 2.24) is 10.2 Å². The third kappa shape index (κ3) is 4.64. The van der Waals surface area contributed by atoms with E-state index in [0.29, 0.717) is 13.0 Å². The number of hydrogen-bond donors (Lipinski definition) is 1. The van der Waals surface area contributed by atoms with Crippen molar-refractivity contribution >= 4 is 17.5 Å². The fourth-order valence-electron chi connectivity index (χ4n) is 1.25. The van der Waals surface area contributed by atoms with E-state index >= 15 is 0 Å². The molecule has 0 bridgehead atoms. The van der Waals surface area contributed by atoms with Gasteiger partial charge in [-0.15, -0.1) is 0 Å². The highest BCUT2D eigenvalue weighted by atomic mass is 35.5. The van der Waals surface area contributed by atoms with Crippen LogP contribution in [0.5, 0.6) is 0 Å². The molecule has 1 amide bonds. The number of rotatable bonds is 5. The van der Waals surface area contributed by atoms with Crippen molar-refractivity contribution in [3.63, 3.8) is 0 Å². The topological polar surface area (TPSA) is 32.3 Å². The van der Waals surface area contributed by atoms with Gasteiger partial charge in [-0.25, -0.2) is 0 Å². The SMILES string of the molecule is CN(C)C(=O)CCNCc1ccc(Cl)cc1.